The van der Waals surface area contributed by atoms with Crippen LogP contribution in [0.3, 0.4) is 0 Å². The Hall–Kier alpha value is -1.40. The summed E-state index contributed by atoms with van der Waals surface area (Å²) in [6.45, 7) is 6.30. The van der Waals surface area contributed by atoms with Crippen LogP contribution >= 0.6 is 0 Å². The second-order valence-corrected chi connectivity index (χ2v) is 5.45. The fourth-order valence-corrected chi connectivity index (χ4v) is 2.69. The molecule has 6 nitrogen and oxygen atoms in total. The molecule has 0 aromatic carbocycles. The zero-order valence-corrected chi connectivity index (χ0v) is 13.0. The Labute approximate surface area is 127 Å². The SMILES string of the molecule is COc1cc(N2CCCN(CCCCCN)CC2)ncn1. The molecule has 6 heteroatoms. The van der Waals surface area contributed by atoms with Crippen molar-refractivity contribution in [3.8, 4) is 5.88 Å². The van der Waals surface area contributed by atoms with Crippen molar-refractivity contribution >= 4 is 5.82 Å². The summed E-state index contributed by atoms with van der Waals surface area (Å²) < 4.78 is 5.18. The van der Waals surface area contributed by atoms with Crippen LogP contribution in [0.2, 0.25) is 0 Å². The molecular weight excluding hydrogens is 266 g/mol. The minimum absolute atomic E-state index is 0.628. The van der Waals surface area contributed by atoms with E-state index in [1.165, 1.54) is 32.4 Å². The number of hydrogen-bond donors (Lipinski definition) is 1. The van der Waals surface area contributed by atoms with Crippen LogP contribution in [-0.4, -0.2) is 61.2 Å². The standard InChI is InChI=1S/C15H27N5O/c1-21-15-12-14(17-13-18-15)20-9-5-8-19(10-11-20)7-4-2-3-6-16/h12-13H,2-11,16H2,1H3. The van der Waals surface area contributed by atoms with Crippen molar-refractivity contribution in [1.82, 2.24) is 14.9 Å². The van der Waals surface area contributed by atoms with Crippen LogP contribution < -0.4 is 15.4 Å². The van der Waals surface area contributed by atoms with E-state index in [-0.39, 0.29) is 0 Å². The van der Waals surface area contributed by atoms with Gasteiger partial charge in [-0.05, 0) is 38.9 Å². The zero-order valence-electron chi connectivity index (χ0n) is 13.0. The van der Waals surface area contributed by atoms with Gasteiger partial charge in [0, 0.05) is 25.7 Å². The van der Waals surface area contributed by atoms with Crippen molar-refractivity contribution in [2.75, 3.05) is 51.3 Å². The lowest BCUT2D eigenvalue weighted by Gasteiger charge is -2.22. The summed E-state index contributed by atoms with van der Waals surface area (Å²) in [4.78, 5) is 13.3. The van der Waals surface area contributed by atoms with Gasteiger partial charge in [-0.3, -0.25) is 0 Å². The molecule has 1 saturated heterocycles. The molecular formula is C15H27N5O. The maximum absolute atomic E-state index is 5.54. The van der Waals surface area contributed by atoms with E-state index in [2.05, 4.69) is 19.8 Å². The number of unbranched alkanes of at least 4 members (excludes halogenated alkanes) is 2. The Morgan fingerprint density at radius 2 is 2.05 bits per heavy atom. The Morgan fingerprint density at radius 3 is 2.86 bits per heavy atom. The summed E-state index contributed by atoms with van der Waals surface area (Å²) in [5.74, 6) is 1.59. The molecule has 1 aliphatic rings. The van der Waals surface area contributed by atoms with Crippen molar-refractivity contribution in [3.05, 3.63) is 12.4 Å². The van der Waals surface area contributed by atoms with Crippen molar-refractivity contribution < 1.29 is 4.74 Å². The van der Waals surface area contributed by atoms with Gasteiger partial charge in [0.05, 0.1) is 7.11 Å². The summed E-state index contributed by atoms with van der Waals surface area (Å²) in [5.41, 5.74) is 5.54. The highest BCUT2D eigenvalue weighted by Gasteiger charge is 2.16. The highest BCUT2D eigenvalue weighted by Crippen LogP contribution is 2.17. The third-order valence-corrected chi connectivity index (χ3v) is 3.93. The fraction of sp³-hybridized carbons (Fsp3) is 0.733. The maximum Gasteiger partial charge on any atom is 0.218 e. The molecule has 0 aliphatic carbocycles. The van der Waals surface area contributed by atoms with Crippen LogP contribution in [0.5, 0.6) is 5.88 Å². The quantitative estimate of drug-likeness (QED) is 0.760. The maximum atomic E-state index is 5.54. The third kappa shape index (κ3) is 5.13. The molecule has 0 spiro atoms. The highest BCUT2D eigenvalue weighted by molar-refractivity contribution is 5.40. The zero-order chi connectivity index (χ0) is 14.9. The molecule has 0 unspecified atom stereocenters. The summed E-state index contributed by atoms with van der Waals surface area (Å²) in [5, 5.41) is 0. The number of ether oxygens (including phenoxy) is 1. The Bertz CT molecular complexity index is 415. The van der Waals surface area contributed by atoms with E-state index in [4.69, 9.17) is 10.5 Å². The normalized spacial score (nSPS) is 16.8. The van der Waals surface area contributed by atoms with Crippen molar-refractivity contribution in [2.24, 2.45) is 5.73 Å². The number of anilines is 1. The highest BCUT2D eigenvalue weighted by atomic mass is 16.5. The Morgan fingerprint density at radius 1 is 1.14 bits per heavy atom. The van der Waals surface area contributed by atoms with E-state index >= 15 is 0 Å². The number of methoxy groups -OCH3 is 1. The summed E-state index contributed by atoms with van der Waals surface area (Å²) in [6.07, 6.45) is 6.37. The number of aromatic nitrogens is 2. The lowest BCUT2D eigenvalue weighted by atomic mass is 10.2. The van der Waals surface area contributed by atoms with Crippen molar-refractivity contribution in [2.45, 2.75) is 25.7 Å². The van der Waals surface area contributed by atoms with Gasteiger partial charge >= 0.3 is 0 Å². The second kappa shape index (κ2) is 8.79. The van der Waals surface area contributed by atoms with Crippen LogP contribution in [0.4, 0.5) is 5.82 Å². The van der Waals surface area contributed by atoms with Gasteiger partial charge in [0.2, 0.25) is 5.88 Å². The Balaban J connectivity index is 1.82. The van der Waals surface area contributed by atoms with Gasteiger partial charge < -0.3 is 20.3 Å². The van der Waals surface area contributed by atoms with Crippen LogP contribution in [0.1, 0.15) is 25.7 Å². The van der Waals surface area contributed by atoms with Crippen molar-refractivity contribution in [3.63, 3.8) is 0 Å². The molecule has 21 heavy (non-hydrogen) atoms. The molecule has 1 fully saturated rings. The molecule has 1 aromatic rings. The van der Waals surface area contributed by atoms with E-state index in [1.807, 2.05) is 6.07 Å². The first-order valence-corrected chi connectivity index (χ1v) is 7.87. The minimum Gasteiger partial charge on any atom is -0.481 e. The summed E-state index contributed by atoms with van der Waals surface area (Å²) >= 11 is 0. The minimum atomic E-state index is 0.628. The van der Waals surface area contributed by atoms with Gasteiger partial charge in [0.15, 0.2) is 0 Å². The molecule has 1 aliphatic heterocycles. The average Bonchev–Trinajstić information content (AvgIpc) is 2.77. The van der Waals surface area contributed by atoms with Crippen LogP contribution in [0.15, 0.2) is 12.4 Å². The predicted molar refractivity (Wildman–Crippen MR) is 84.8 cm³/mol. The molecule has 0 saturated carbocycles. The summed E-state index contributed by atoms with van der Waals surface area (Å²) in [6, 6.07) is 1.91. The van der Waals surface area contributed by atoms with E-state index < -0.39 is 0 Å². The van der Waals surface area contributed by atoms with E-state index in [1.54, 1.807) is 13.4 Å². The second-order valence-electron chi connectivity index (χ2n) is 5.45. The van der Waals surface area contributed by atoms with Gasteiger partial charge in [0.1, 0.15) is 12.1 Å². The summed E-state index contributed by atoms with van der Waals surface area (Å²) in [7, 11) is 1.64. The molecule has 2 N–H and O–H groups in total. The largest absolute Gasteiger partial charge is 0.481 e. The van der Waals surface area contributed by atoms with Gasteiger partial charge in [-0.15, -0.1) is 0 Å². The number of nitrogens with two attached hydrogens (primary N) is 1. The molecule has 0 atom stereocenters. The first kappa shape index (κ1) is 16.0. The average molecular weight is 293 g/mol. The van der Waals surface area contributed by atoms with Crippen LogP contribution in [-0.2, 0) is 0 Å². The fourth-order valence-electron chi connectivity index (χ4n) is 2.69. The smallest absolute Gasteiger partial charge is 0.218 e. The molecule has 0 amide bonds. The van der Waals surface area contributed by atoms with Crippen molar-refractivity contribution in [1.29, 1.82) is 0 Å². The molecule has 2 heterocycles. The van der Waals surface area contributed by atoms with Gasteiger partial charge in [-0.25, -0.2) is 9.97 Å². The third-order valence-electron chi connectivity index (χ3n) is 3.93. The monoisotopic (exact) mass is 293 g/mol. The molecule has 0 radical (unpaired) electrons. The first-order chi connectivity index (χ1) is 10.3. The van der Waals surface area contributed by atoms with Crippen LogP contribution in [0, 0.1) is 0 Å². The Kier molecular flexibility index (Phi) is 6.69. The van der Waals surface area contributed by atoms with E-state index in [0.29, 0.717) is 5.88 Å². The number of rotatable bonds is 7. The lowest BCUT2D eigenvalue weighted by molar-refractivity contribution is 0.286. The van der Waals surface area contributed by atoms with Gasteiger partial charge in [0.25, 0.3) is 0 Å². The van der Waals surface area contributed by atoms with Gasteiger partial charge in [-0.2, -0.15) is 0 Å². The first-order valence-electron chi connectivity index (χ1n) is 7.87. The molecule has 2 rings (SSSR count). The molecule has 1 aromatic heterocycles. The predicted octanol–water partition coefficient (Wildman–Crippen LogP) is 1.13. The topological polar surface area (TPSA) is 67.5 Å². The molecule has 118 valence electrons. The van der Waals surface area contributed by atoms with E-state index in [0.717, 1.165) is 38.4 Å². The molecule has 0 bridgehead atoms. The van der Waals surface area contributed by atoms with Crippen LogP contribution in [0.25, 0.3) is 0 Å². The number of hydrogen-bond acceptors (Lipinski definition) is 6. The van der Waals surface area contributed by atoms with Gasteiger partial charge in [-0.1, -0.05) is 6.42 Å². The van der Waals surface area contributed by atoms with E-state index in [9.17, 15) is 0 Å². The number of nitrogens with zero attached hydrogens (tertiary/aromatic N) is 4. The lowest BCUT2D eigenvalue weighted by Crippen LogP contribution is -2.31.